The number of aryl methyl sites for hydroxylation is 1. The molecule has 8 nitrogen and oxygen atoms in total. The summed E-state index contributed by atoms with van der Waals surface area (Å²) >= 11 is 3.00. The number of thiazole rings is 1. The molecule has 1 amide bonds. The molecular weight excluding hydrogens is 456 g/mol. The van der Waals surface area contributed by atoms with E-state index in [1.165, 1.54) is 28.7 Å². The van der Waals surface area contributed by atoms with E-state index in [0.717, 1.165) is 33.7 Å². The summed E-state index contributed by atoms with van der Waals surface area (Å²) < 4.78 is 7.04. The number of carbonyl (C=O) groups is 1. The van der Waals surface area contributed by atoms with Crippen molar-refractivity contribution in [2.24, 2.45) is 0 Å². The van der Waals surface area contributed by atoms with Crippen molar-refractivity contribution in [2.45, 2.75) is 24.3 Å². The van der Waals surface area contributed by atoms with Crippen LogP contribution in [0.3, 0.4) is 0 Å². The lowest BCUT2D eigenvalue weighted by Gasteiger charge is -2.10. The van der Waals surface area contributed by atoms with E-state index in [0.29, 0.717) is 24.6 Å². The molecule has 3 aromatic heterocycles. The second-order valence-electron chi connectivity index (χ2n) is 7.23. The van der Waals surface area contributed by atoms with E-state index in [2.05, 4.69) is 56.7 Å². The normalized spacial score (nSPS) is 11.0. The van der Waals surface area contributed by atoms with Crippen LogP contribution in [-0.4, -0.2) is 50.9 Å². The molecule has 0 unspecified atom stereocenters. The van der Waals surface area contributed by atoms with Crippen molar-refractivity contribution >= 4 is 29.0 Å². The van der Waals surface area contributed by atoms with Crippen LogP contribution in [0.25, 0.3) is 17.1 Å². The Labute approximate surface area is 200 Å². The van der Waals surface area contributed by atoms with Crippen molar-refractivity contribution in [1.29, 1.82) is 0 Å². The van der Waals surface area contributed by atoms with Gasteiger partial charge in [-0.25, -0.2) is 4.98 Å². The van der Waals surface area contributed by atoms with Crippen LogP contribution in [0.15, 0.2) is 59.3 Å². The molecule has 0 saturated heterocycles. The number of hydrogen-bond acceptors (Lipinski definition) is 8. The molecule has 4 rings (SSSR count). The number of pyridine rings is 1. The number of nitrogens with one attached hydrogen (secondary N) is 1. The number of carbonyl (C=O) groups excluding carboxylic acids is 1. The minimum atomic E-state index is -0.165. The molecule has 0 spiro atoms. The largest absolute Gasteiger partial charge is 0.385 e. The van der Waals surface area contributed by atoms with Crippen LogP contribution in [0, 0.1) is 6.92 Å². The zero-order chi connectivity index (χ0) is 23.0. The topological polar surface area (TPSA) is 94.8 Å². The molecule has 0 atom stereocenters. The van der Waals surface area contributed by atoms with Gasteiger partial charge in [0.25, 0.3) is 5.91 Å². The standard InChI is InChI=1S/C23H24N6O2S2/c1-16-4-6-18(7-5-16)29-21(17-8-11-24-12-9-17)27-28-23(29)33-15-20-26-19(14-32-20)22(30)25-10-3-13-31-2/h4-9,11-12,14H,3,10,13,15H2,1-2H3,(H,25,30). The second-order valence-corrected chi connectivity index (χ2v) is 9.12. The fourth-order valence-electron chi connectivity index (χ4n) is 3.09. The highest BCUT2D eigenvalue weighted by molar-refractivity contribution is 7.98. The Hall–Kier alpha value is -3.08. The highest BCUT2D eigenvalue weighted by Crippen LogP contribution is 2.30. The first kappa shape index (κ1) is 23.1. The number of amides is 1. The predicted molar refractivity (Wildman–Crippen MR) is 130 cm³/mol. The predicted octanol–water partition coefficient (Wildman–Crippen LogP) is 4.15. The van der Waals surface area contributed by atoms with Gasteiger partial charge in [0.05, 0.1) is 5.75 Å². The van der Waals surface area contributed by atoms with Crippen LogP contribution >= 0.6 is 23.1 Å². The molecule has 0 fully saturated rings. The SMILES string of the molecule is COCCCNC(=O)c1csc(CSc2nnc(-c3ccncc3)n2-c2ccc(C)cc2)n1. The number of rotatable bonds is 10. The van der Waals surface area contributed by atoms with Gasteiger partial charge in [0.15, 0.2) is 11.0 Å². The number of aromatic nitrogens is 5. The van der Waals surface area contributed by atoms with E-state index in [9.17, 15) is 4.79 Å². The minimum absolute atomic E-state index is 0.165. The minimum Gasteiger partial charge on any atom is -0.385 e. The summed E-state index contributed by atoms with van der Waals surface area (Å²) in [5.74, 6) is 1.17. The van der Waals surface area contributed by atoms with Crippen molar-refractivity contribution in [3.63, 3.8) is 0 Å². The number of benzene rings is 1. The monoisotopic (exact) mass is 480 g/mol. The van der Waals surface area contributed by atoms with E-state index in [4.69, 9.17) is 4.74 Å². The van der Waals surface area contributed by atoms with Crippen molar-refractivity contribution in [3.8, 4) is 17.1 Å². The number of nitrogens with zero attached hydrogens (tertiary/aromatic N) is 5. The Balaban J connectivity index is 1.51. The van der Waals surface area contributed by atoms with Gasteiger partial charge >= 0.3 is 0 Å². The fraction of sp³-hybridized carbons (Fsp3) is 0.261. The maximum atomic E-state index is 12.3. The highest BCUT2D eigenvalue weighted by atomic mass is 32.2. The Morgan fingerprint density at radius 2 is 1.94 bits per heavy atom. The molecule has 1 N–H and O–H groups in total. The van der Waals surface area contributed by atoms with Gasteiger partial charge in [0, 0.05) is 49.3 Å². The van der Waals surface area contributed by atoms with Crippen molar-refractivity contribution in [2.75, 3.05) is 20.3 Å². The summed E-state index contributed by atoms with van der Waals surface area (Å²) in [7, 11) is 1.64. The lowest BCUT2D eigenvalue weighted by molar-refractivity contribution is 0.0944. The summed E-state index contributed by atoms with van der Waals surface area (Å²) in [6.45, 7) is 3.23. The highest BCUT2D eigenvalue weighted by Gasteiger charge is 2.17. The number of ether oxygens (including phenoxy) is 1. The Morgan fingerprint density at radius 1 is 1.15 bits per heavy atom. The molecule has 0 saturated carbocycles. The molecule has 33 heavy (non-hydrogen) atoms. The maximum Gasteiger partial charge on any atom is 0.270 e. The molecule has 4 aromatic rings. The first-order valence-corrected chi connectivity index (χ1v) is 12.3. The third kappa shape index (κ3) is 5.84. The Bertz CT molecular complexity index is 1190. The summed E-state index contributed by atoms with van der Waals surface area (Å²) in [6, 6.07) is 12.1. The summed E-state index contributed by atoms with van der Waals surface area (Å²) in [5.41, 5.74) is 3.54. The number of thioether (sulfide) groups is 1. The van der Waals surface area contributed by atoms with E-state index >= 15 is 0 Å². The third-order valence-corrected chi connectivity index (χ3v) is 6.76. The van der Waals surface area contributed by atoms with Crippen LogP contribution < -0.4 is 5.32 Å². The average Bonchev–Trinajstić information content (AvgIpc) is 3.49. The van der Waals surface area contributed by atoms with Gasteiger partial charge in [0.1, 0.15) is 10.7 Å². The lowest BCUT2D eigenvalue weighted by Crippen LogP contribution is -2.25. The molecule has 0 bridgehead atoms. The molecular formula is C23H24N6O2S2. The van der Waals surface area contributed by atoms with E-state index in [1.807, 2.05) is 16.7 Å². The van der Waals surface area contributed by atoms with Crippen molar-refractivity contribution in [1.82, 2.24) is 30.0 Å². The van der Waals surface area contributed by atoms with Crippen molar-refractivity contribution < 1.29 is 9.53 Å². The van der Waals surface area contributed by atoms with E-state index in [1.54, 1.807) is 24.9 Å². The molecule has 0 aliphatic heterocycles. The molecule has 3 heterocycles. The molecule has 0 radical (unpaired) electrons. The Morgan fingerprint density at radius 3 is 2.70 bits per heavy atom. The van der Waals surface area contributed by atoms with Gasteiger partial charge in [0.2, 0.25) is 0 Å². The van der Waals surface area contributed by atoms with Gasteiger partial charge in [-0.05, 0) is 37.6 Å². The molecule has 10 heteroatoms. The molecule has 1 aromatic carbocycles. The van der Waals surface area contributed by atoms with Crippen LogP contribution in [0.4, 0.5) is 0 Å². The van der Waals surface area contributed by atoms with Crippen molar-refractivity contribution in [3.05, 3.63) is 70.4 Å². The van der Waals surface area contributed by atoms with Gasteiger partial charge in [-0.1, -0.05) is 29.5 Å². The lowest BCUT2D eigenvalue weighted by atomic mass is 10.2. The molecule has 170 valence electrons. The van der Waals surface area contributed by atoms with Crippen LogP contribution in [0.5, 0.6) is 0 Å². The first-order valence-electron chi connectivity index (χ1n) is 10.4. The number of hydrogen-bond donors (Lipinski definition) is 1. The fourth-order valence-corrected chi connectivity index (χ4v) is 4.84. The summed E-state index contributed by atoms with van der Waals surface area (Å²) in [6.07, 6.45) is 4.25. The van der Waals surface area contributed by atoms with Gasteiger partial charge in [-0.3, -0.25) is 14.3 Å². The smallest absolute Gasteiger partial charge is 0.270 e. The molecule has 0 aliphatic carbocycles. The summed E-state index contributed by atoms with van der Waals surface area (Å²) in [4.78, 5) is 20.9. The van der Waals surface area contributed by atoms with Gasteiger partial charge in [-0.15, -0.1) is 21.5 Å². The van der Waals surface area contributed by atoms with Crippen LogP contribution in [0.2, 0.25) is 0 Å². The third-order valence-electron chi connectivity index (χ3n) is 4.78. The van der Waals surface area contributed by atoms with Crippen LogP contribution in [-0.2, 0) is 10.5 Å². The van der Waals surface area contributed by atoms with E-state index in [-0.39, 0.29) is 5.91 Å². The van der Waals surface area contributed by atoms with Gasteiger partial charge in [-0.2, -0.15) is 0 Å². The average molecular weight is 481 g/mol. The number of methoxy groups -OCH3 is 1. The summed E-state index contributed by atoms with van der Waals surface area (Å²) in [5, 5.41) is 15.2. The maximum absolute atomic E-state index is 12.3. The van der Waals surface area contributed by atoms with Gasteiger partial charge < -0.3 is 10.1 Å². The van der Waals surface area contributed by atoms with Crippen LogP contribution in [0.1, 0.15) is 27.5 Å². The zero-order valence-electron chi connectivity index (χ0n) is 18.4. The Kier molecular flexibility index (Phi) is 7.82. The molecule has 0 aliphatic rings. The van der Waals surface area contributed by atoms with E-state index < -0.39 is 0 Å². The second kappa shape index (κ2) is 11.2. The quantitative estimate of drug-likeness (QED) is 0.269. The zero-order valence-corrected chi connectivity index (χ0v) is 20.0. The first-order chi connectivity index (χ1) is 16.2.